The summed E-state index contributed by atoms with van der Waals surface area (Å²) in [5, 5.41) is 0. The van der Waals surface area contributed by atoms with Crippen LogP contribution in [-0.4, -0.2) is 40.1 Å². The molecule has 1 aliphatic heterocycles. The summed E-state index contributed by atoms with van der Waals surface area (Å²) < 4.78 is 23.1. The van der Waals surface area contributed by atoms with E-state index in [1.807, 2.05) is 0 Å². The van der Waals surface area contributed by atoms with Crippen molar-refractivity contribution >= 4 is 18.0 Å². The molecular weight excluding hydrogens is 293 g/mol. The molecule has 124 valence electrons. The van der Waals surface area contributed by atoms with Gasteiger partial charge in [0.2, 0.25) is 0 Å². The number of carbonyl (C=O) groups excluding carboxylic acids is 3. The molecule has 1 fully saturated rings. The maximum atomic E-state index is 12.8. The minimum atomic E-state index is -1.22. The highest BCUT2D eigenvalue weighted by molar-refractivity contribution is 6.08. The monoisotopic (exact) mass is 315 g/mol. The van der Waals surface area contributed by atoms with Crippen LogP contribution in [0.25, 0.3) is 0 Å². The second-order valence-corrected chi connectivity index (χ2v) is 7.04. The minimum absolute atomic E-state index is 0.101. The predicted molar refractivity (Wildman–Crippen MR) is 76.5 cm³/mol. The Morgan fingerprint density at radius 2 is 1.64 bits per heavy atom. The molecule has 0 aliphatic carbocycles. The van der Waals surface area contributed by atoms with E-state index in [1.165, 1.54) is 0 Å². The van der Waals surface area contributed by atoms with Gasteiger partial charge in [-0.3, -0.25) is 4.79 Å². The third-order valence-corrected chi connectivity index (χ3v) is 2.62. The minimum Gasteiger partial charge on any atom is -0.458 e. The number of hydrogen-bond acceptors (Lipinski definition) is 5. The zero-order chi connectivity index (χ0) is 17.3. The summed E-state index contributed by atoms with van der Waals surface area (Å²) in [6.07, 6.45) is -1.13. The van der Waals surface area contributed by atoms with Gasteiger partial charge >= 0.3 is 12.1 Å². The van der Waals surface area contributed by atoms with Crippen molar-refractivity contribution in [3.63, 3.8) is 0 Å². The first kappa shape index (κ1) is 18.1. The lowest BCUT2D eigenvalue weighted by atomic mass is 10.1. The van der Waals surface area contributed by atoms with Crippen molar-refractivity contribution in [1.29, 1.82) is 0 Å². The Morgan fingerprint density at radius 3 is 2.05 bits per heavy atom. The molecule has 2 amide bonds. The van der Waals surface area contributed by atoms with Crippen molar-refractivity contribution in [1.82, 2.24) is 4.90 Å². The number of imide groups is 1. The average Bonchev–Trinajstić information content (AvgIpc) is 2.61. The van der Waals surface area contributed by atoms with Gasteiger partial charge in [-0.05, 0) is 41.5 Å². The van der Waals surface area contributed by atoms with Gasteiger partial charge in [-0.15, -0.1) is 0 Å². The number of amides is 2. The number of esters is 1. The zero-order valence-electron chi connectivity index (χ0n) is 13.7. The van der Waals surface area contributed by atoms with E-state index in [0.29, 0.717) is 4.90 Å². The number of halogens is 1. The molecule has 22 heavy (non-hydrogen) atoms. The van der Waals surface area contributed by atoms with Crippen molar-refractivity contribution in [2.45, 2.75) is 65.2 Å². The topological polar surface area (TPSA) is 72.9 Å². The lowest BCUT2D eigenvalue weighted by Gasteiger charge is -2.28. The van der Waals surface area contributed by atoms with Crippen LogP contribution < -0.4 is 0 Å². The van der Waals surface area contributed by atoms with Gasteiger partial charge in [0, 0.05) is 12.0 Å². The van der Waals surface area contributed by atoms with Gasteiger partial charge in [-0.25, -0.2) is 18.9 Å². The van der Waals surface area contributed by atoms with Crippen LogP contribution in [0.4, 0.5) is 9.18 Å². The smallest absolute Gasteiger partial charge is 0.418 e. The Morgan fingerprint density at radius 1 is 1.14 bits per heavy atom. The third-order valence-electron chi connectivity index (χ3n) is 2.62. The first-order valence-electron chi connectivity index (χ1n) is 6.94. The average molecular weight is 315 g/mol. The summed E-state index contributed by atoms with van der Waals surface area (Å²) in [7, 11) is 0. The summed E-state index contributed by atoms with van der Waals surface area (Å²) >= 11 is 0. The molecule has 0 aromatic rings. The van der Waals surface area contributed by atoms with Gasteiger partial charge < -0.3 is 9.47 Å². The highest BCUT2D eigenvalue weighted by Crippen LogP contribution is 2.28. The maximum absolute atomic E-state index is 12.8. The fourth-order valence-electron chi connectivity index (χ4n) is 1.85. The molecule has 0 unspecified atom stereocenters. The largest absolute Gasteiger partial charge is 0.458 e. The molecule has 7 heteroatoms. The normalized spacial score (nSPS) is 21.2. The van der Waals surface area contributed by atoms with Crippen molar-refractivity contribution in [3.8, 4) is 0 Å². The van der Waals surface area contributed by atoms with Gasteiger partial charge in [-0.2, -0.15) is 0 Å². The van der Waals surface area contributed by atoms with E-state index in [9.17, 15) is 18.8 Å². The Kier molecular flexibility index (Phi) is 4.99. The predicted octanol–water partition coefficient (Wildman–Crippen LogP) is 2.72. The van der Waals surface area contributed by atoms with Crippen LogP contribution >= 0.6 is 0 Å². The van der Waals surface area contributed by atoms with E-state index in [4.69, 9.17) is 9.47 Å². The van der Waals surface area contributed by atoms with Gasteiger partial charge in [0.05, 0.1) is 6.33 Å². The van der Waals surface area contributed by atoms with Crippen molar-refractivity contribution in [2.75, 3.05) is 0 Å². The molecule has 0 aromatic carbocycles. The lowest BCUT2D eigenvalue weighted by Crippen LogP contribution is -2.47. The van der Waals surface area contributed by atoms with E-state index in [0.717, 1.165) is 0 Å². The number of carbonyl (C=O) groups is 3. The Hall–Kier alpha value is -1.92. The molecule has 0 N–H and O–H groups in total. The number of likely N-dealkylation sites (tertiary alicyclic amines) is 1. The van der Waals surface area contributed by atoms with Crippen LogP contribution in [0.5, 0.6) is 0 Å². The fourth-order valence-corrected chi connectivity index (χ4v) is 1.85. The second kappa shape index (κ2) is 6.06. The first-order chi connectivity index (χ1) is 9.85. The maximum Gasteiger partial charge on any atom is 0.418 e. The molecule has 1 aliphatic rings. The second-order valence-electron chi connectivity index (χ2n) is 7.04. The van der Waals surface area contributed by atoms with E-state index in [1.54, 1.807) is 41.5 Å². The number of nitrogens with zero attached hydrogens (tertiary/aromatic N) is 1. The number of ether oxygens (including phenoxy) is 2. The SMILES string of the molecule is CC(C)(C)OC(=O)[C@@H]1C/C(=C\F)C(=O)N1C(=O)OC(C)(C)C. The third kappa shape index (κ3) is 4.54. The molecule has 6 nitrogen and oxygen atoms in total. The van der Waals surface area contributed by atoms with E-state index in [2.05, 4.69) is 0 Å². The number of rotatable bonds is 1. The van der Waals surface area contributed by atoms with Crippen LogP contribution in [0, 0.1) is 0 Å². The van der Waals surface area contributed by atoms with Crippen molar-refractivity contribution in [3.05, 3.63) is 11.9 Å². The van der Waals surface area contributed by atoms with Gasteiger partial charge in [0.1, 0.15) is 17.2 Å². The van der Waals surface area contributed by atoms with E-state index < -0.39 is 35.2 Å². The Balaban J connectivity index is 3.05. The Labute approximate surface area is 129 Å². The highest BCUT2D eigenvalue weighted by atomic mass is 19.1. The summed E-state index contributed by atoms with van der Waals surface area (Å²) in [6.45, 7) is 9.85. The standard InChI is InChI=1S/C15H22FNO5/c1-14(2,3)21-12(19)10-7-9(8-16)11(18)17(10)13(20)22-15(4,5)6/h8,10H,7H2,1-6H3/b9-8+/t10-/m0/s1. The van der Waals surface area contributed by atoms with Gasteiger partial charge in [0.15, 0.2) is 0 Å². The van der Waals surface area contributed by atoms with E-state index in [-0.39, 0.29) is 18.3 Å². The molecule has 0 bridgehead atoms. The molecule has 1 rings (SSSR count). The quantitative estimate of drug-likeness (QED) is 0.549. The summed E-state index contributed by atoms with van der Waals surface area (Å²) in [6, 6.07) is -1.22. The Bertz CT molecular complexity index is 513. The molecule has 0 radical (unpaired) electrons. The molecule has 1 atom stereocenters. The van der Waals surface area contributed by atoms with Crippen molar-refractivity contribution in [2.24, 2.45) is 0 Å². The molecule has 1 saturated heterocycles. The zero-order valence-corrected chi connectivity index (χ0v) is 13.7. The highest BCUT2D eigenvalue weighted by Gasteiger charge is 2.47. The van der Waals surface area contributed by atoms with Crippen LogP contribution in [0.2, 0.25) is 0 Å². The van der Waals surface area contributed by atoms with Gasteiger partial charge in [0.25, 0.3) is 5.91 Å². The van der Waals surface area contributed by atoms with Crippen molar-refractivity contribution < 1.29 is 28.2 Å². The fraction of sp³-hybridized carbons (Fsp3) is 0.667. The van der Waals surface area contributed by atoms with Crippen LogP contribution in [0.1, 0.15) is 48.0 Å². The first-order valence-corrected chi connectivity index (χ1v) is 6.94. The van der Waals surface area contributed by atoms with Gasteiger partial charge in [-0.1, -0.05) is 0 Å². The van der Waals surface area contributed by atoms with E-state index >= 15 is 0 Å². The molecule has 0 spiro atoms. The lowest BCUT2D eigenvalue weighted by molar-refractivity contribution is -0.161. The molecule has 1 heterocycles. The van der Waals surface area contributed by atoms with Crippen LogP contribution in [0.3, 0.4) is 0 Å². The molecular formula is C15H22FNO5. The molecule has 0 aromatic heterocycles. The van der Waals surface area contributed by atoms with Crippen LogP contribution in [-0.2, 0) is 19.1 Å². The molecule has 0 saturated carbocycles. The summed E-state index contributed by atoms with van der Waals surface area (Å²) in [5.41, 5.74) is -1.90. The number of hydrogen-bond donors (Lipinski definition) is 0. The summed E-state index contributed by atoms with van der Waals surface area (Å²) in [4.78, 5) is 37.0. The van der Waals surface area contributed by atoms with Crippen LogP contribution in [0.15, 0.2) is 11.9 Å². The summed E-state index contributed by atoms with van der Waals surface area (Å²) in [5.74, 6) is -1.66.